The molecule has 0 spiro atoms. The Bertz CT molecular complexity index is 500. The van der Waals surface area contributed by atoms with Gasteiger partial charge >= 0.3 is 0 Å². The van der Waals surface area contributed by atoms with E-state index < -0.39 is 5.82 Å². The number of benzene rings is 1. The SMILES string of the molecule is C#CCN(CC1CC1)C(=O)c1cc(C)ccc1F. The van der Waals surface area contributed by atoms with Crippen molar-refractivity contribution in [3.8, 4) is 12.3 Å². The lowest BCUT2D eigenvalue weighted by Gasteiger charge is -2.20. The third kappa shape index (κ3) is 2.89. The molecule has 3 heteroatoms. The quantitative estimate of drug-likeness (QED) is 0.747. The second kappa shape index (κ2) is 5.22. The van der Waals surface area contributed by atoms with Crippen LogP contribution in [0.1, 0.15) is 28.8 Å². The summed E-state index contributed by atoms with van der Waals surface area (Å²) in [5.41, 5.74) is 0.984. The first-order chi connectivity index (χ1) is 8.61. The molecule has 1 fully saturated rings. The number of carbonyl (C=O) groups excluding carboxylic acids is 1. The molecule has 1 aliphatic rings. The predicted molar refractivity (Wildman–Crippen MR) is 68.6 cm³/mol. The van der Waals surface area contributed by atoms with Crippen molar-refractivity contribution in [2.24, 2.45) is 5.92 Å². The molecule has 0 atom stereocenters. The van der Waals surface area contributed by atoms with Crippen LogP contribution in [0.5, 0.6) is 0 Å². The minimum Gasteiger partial charge on any atom is -0.327 e. The van der Waals surface area contributed by atoms with Crippen LogP contribution >= 0.6 is 0 Å². The maximum absolute atomic E-state index is 13.7. The summed E-state index contributed by atoms with van der Waals surface area (Å²) in [5.74, 6) is 2.22. The van der Waals surface area contributed by atoms with E-state index in [1.165, 1.54) is 6.07 Å². The summed E-state index contributed by atoms with van der Waals surface area (Å²) in [6.07, 6.45) is 7.53. The molecule has 0 radical (unpaired) electrons. The van der Waals surface area contributed by atoms with Gasteiger partial charge in [0.2, 0.25) is 0 Å². The third-order valence-electron chi connectivity index (χ3n) is 3.10. The Morgan fingerprint density at radius 1 is 1.56 bits per heavy atom. The van der Waals surface area contributed by atoms with Gasteiger partial charge in [0.1, 0.15) is 5.82 Å². The van der Waals surface area contributed by atoms with Crippen LogP contribution in [0.25, 0.3) is 0 Å². The zero-order valence-electron chi connectivity index (χ0n) is 10.4. The normalized spacial score (nSPS) is 14.1. The van der Waals surface area contributed by atoms with Gasteiger partial charge in [-0.3, -0.25) is 4.79 Å². The maximum Gasteiger partial charge on any atom is 0.257 e. The molecule has 0 bridgehead atoms. The van der Waals surface area contributed by atoms with Gasteiger partial charge in [-0.1, -0.05) is 17.6 Å². The van der Waals surface area contributed by atoms with E-state index in [-0.39, 0.29) is 18.0 Å². The molecule has 0 N–H and O–H groups in total. The summed E-state index contributed by atoms with van der Waals surface area (Å²) >= 11 is 0. The number of rotatable bonds is 4. The van der Waals surface area contributed by atoms with Gasteiger partial charge in [-0.25, -0.2) is 4.39 Å². The minimum atomic E-state index is -0.483. The molecule has 0 aromatic heterocycles. The highest BCUT2D eigenvalue weighted by atomic mass is 19.1. The molecule has 1 aromatic carbocycles. The number of carbonyl (C=O) groups is 1. The second-order valence-electron chi connectivity index (χ2n) is 4.82. The second-order valence-corrected chi connectivity index (χ2v) is 4.82. The molecule has 0 unspecified atom stereocenters. The van der Waals surface area contributed by atoms with Gasteiger partial charge in [-0.15, -0.1) is 6.42 Å². The van der Waals surface area contributed by atoms with Gasteiger partial charge < -0.3 is 4.90 Å². The molecule has 0 heterocycles. The zero-order chi connectivity index (χ0) is 13.1. The van der Waals surface area contributed by atoms with E-state index >= 15 is 0 Å². The van der Waals surface area contributed by atoms with Gasteiger partial charge in [-0.2, -0.15) is 0 Å². The smallest absolute Gasteiger partial charge is 0.257 e. The first-order valence-corrected chi connectivity index (χ1v) is 6.10. The van der Waals surface area contributed by atoms with Crippen LogP contribution in [-0.4, -0.2) is 23.9 Å². The van der Waals surface area contributed by atoms with Gasteiger partial charge in [0, 0.05) is 6.54 Å². The summed E-state index contributed by atoms with van der Waals surface area (Å²) in [6.45, 7) is 2.71. The van der Waals surface area contributed by atoms with E-state index in [2.05, 4.69) is 5.92 Å². The fraction of sp³-hybridized carbons (Fsp3) is 0.400. The standard InChI is InChI=1S/C15H16FNO/c1-3-8-17(10-12-5-6-12)15(18)13-9-11(2)4-7-14(13)16/h1,4,7,9,12H,5-6,8,10H2,2H3. The molecule has 18 heavy (non-hydrogen) atoms. The Labute approximate surface area is 107 Å². The summed E-state index contributed by atoms with van der Waals surface area (Å²) in [6, 6.07) is 4.56. The van der Waals surface area contributed by atoms with Crippen molar-refractivity contribution in [3.05, 3.63) is 35.1 Å². The van der Waals surface area contributed by atoms with Crippen molar-refractivity contribution < 1.29 is 9.18 Å². The van der Waals surface area contributed by atoms with E-state index in [1.54, 1.807) is 17.0 Å². The fourth-order valence-corrected chi connectivity index (χ4v) is 1.91. The highest BCUT2D eigenvalue weighted by molar-refractivity contribution is 5.94. The lowest BCUT2D eigenvalue weighted by Crippen LogP contribution is -2.33. The zero-order valence-corrected chi connectivity index (χ0v) is 10.4. The Balaban J connectivity index is 2.20. The molecule has 94 valence electrons. The van der Waals surface area contributed by atoms with Gasteiger partial charge in [0.15, 0.2) is 0 Å². The molecule has 1 amide bonds. The summed E-state index contributed by atoms with van der Waals surface area (Å²) in [5, 5.41) is 0. The van der Waals surface area contributed by atoms with E-state index in [9.17, 15) is 9.18 Å². The van der Waals surface area contributed by atoms with E-state index in [0.717, 1.165) is 18.4 Å². The largest absolute Gasteiger partial charge is 0.327 e. The number of hydrogen-bond acceptors (Lipinski definition) is 1. The van der Waals surface area contributed by atoms with Crippen LogP contribution in [0, 0.1) is 31.0 Å². The molecular weight excluding hydrogens is 229 g/mol. The molecule has 1 saturated carbocycles. The molecule has 2 rings (SSSR count). The Morgan fingerprint density at radius 2 is 2.28 bits per heavy atom. The fourth-order valence-electron chi connectivity index (χ4n) is 1.91. The molecular formula is C15H16FNO. The number of halogens is 1. The lowest BCUT2D eigenvalue weighted by molar-refractivity contribution is 0.0765. The van der Waals surface area contributed by atoms with Crippen molar-refractivity contribution in [2.75, 3.05) is 13.1 Å². The van der Waals surface area contributed by atoms with E-state index in [1.807, 2.05) is 6.92 Å². The Kier molecular flexibility index (Phi) is 3.66. The van der Waals surface area contributed by atoms with Gasteiger partial charge in [0.05, 0.1) is 12.1 Å². The molecule has 0 aliphatic heterocycles. The van der Waals surface area contributed by atoms with Crippen molar-refractivity contribution in [1.82, 2.24) is 4.90 Å². The van der Waals surface area contributed by atoms with Gasteiger partial charge in [0.25, 0.3) is 5.91 Å². The molecule has 1 aliphatic carbocycles. The van der Waals surface area contributed by atoms with Crippen LogP contribution in [0.4, 0.5) is 4.39 Å². The first-order valence-electron chi connectivity index (χ1n) is 6.10. The van der Waals surface area contributed by atoms with Crippen LogP contribution < -0.4 is 0 Å². The maximum atomic E-state index is 13.7. The van der Waals surface area contributed by atoms with Crippen LogP contribution in [0.3, 0.4) is 0 Å². The van der Waals surface area contributed by atoms with Gasteiger partial charge in [-0.05, 0) is 37.8 Å². The monoisotopic (exact) mass is 245 g/mol. The summed E-state index contributed by atoms with van der Waals surface area (Å²) in [7, 11) is 0. The number of terminal acetylenes is 1. The number of aryl methyl sites for hydroxylation is 1. The molecule has 0 saturated heterocycles. The average molecular weight is 245 g/mol. The van der Waals surface area contributed by atoms with E-state index in [0.29, 0.717) is 12.5 Å². The van der Waals surface area contributed by atoms with Crippen molar-refractivity contribution in [1.29, 1.82) is 0 Å². The topological polar surface area (TPSA) is 20.3 Å². The highest BCUT2D eigenvalue weighted by Crippen LogP contribution is 2.30. The average Bonchev–Trinajstić information content (AvgIpc) is 3.15. The predicted octanol–water partition coefficient (Wildman–Crippen LogP) is 2.62. The van der Waals surface area contributed by atoms with Crippen molar-refractivity contribution >= 4 is 5.91 Å². The first kappa shape index (κ1) is 12.6. The van der Waals surface area contributed by atoms with Crippen LogP contribution in [0.2, 0.25) is 0 Å². The number of nitrogens with zero attached hydrogens (tertiary/aromatic N) is 1. The summed E-state index contributed by atoms with van der Waals surface area (Å²) < 4.78 is 13.7. The van der Waals surface area contributed by atoms with Crippen LogP contribution in [0.15, 0.2) is 18.2 Å². The Morgan fingerprint density at radius 3 is 2.89 bits per heavy atom. The van der Waals surface area contributed by atoms with Crippen molar-refractivity contribution in [3.63, 3.8) is 0 Å². The van der Waals surface area contributed by atoms with Crippen LogP contribution in [-0.2, 0) is 0 Å². The molecule has 1 aromatic rings. The lowest BCUT2D eigenvalue weighted by atomic mass is 10.1. The minimum absolute atomic E-state index is 0.117. The van der Waals surface area contributed by atoms with Crippen molar-refractivity contribution in [2.45, 2.75) is 19.8 Å². The number of hydrogen-bond donors (Lipinski definition) is 0. The number of amides is 1. The Hall–Kier alpha value is -1.82. The van der Waals surface area contributed by atoms with E-state index in [4.69, 9.17) is 6.42 Å². The third-order valence-corrected chi connectivity index (χ3v) is 3.10. The molecule has 2 nitrogen and oxygen atoms in total. The summed E-state index contributed by atoms with van der Waals surface area (Å²) in [4.78, 5) is 13.8. The highest BCUT2D eigenvalue weighted by Gasteiger charge is 2.27.